The number of aryl methyl sites for hydroxylation is 1. The minimum Gasteiger partial charge on any atom is -0.489 e. The van der Waals surface area contributed by atoms with E-state index in [1.807, 2.05) is 43.3 Å². The van der Waals surface area contributed by atoms with Crippen LogP contribution < -0.4 is 26.6 Å². The third-order valence-electron chi connectivity index (χ3n) is 6.93. The third-order valence-corrected chi connectivity index (χ3v) is 6.93. The number of hydrogen-bond acceptors (Lipinski definition) is 7. The molecule has 1 aliphatic rings. The highest BCUT2D eigenvalue weighted by Gasteiger charge is 2.39. The zero-order valence-electron chi connectivity index (χ0n) is 23.6. The lowest BCUT2D eigenvalue weighted by molar-refractivity contribution is -0.132. The standard InChI is InChI=1S/C25H26N4O5.C7H7NO/c1-16-12-18(20-4-2-3-5-21(20)27-16)15-34-19-8-6-17(7-9-19)24(32)28-25(14-23(31)29-33)10-11-26-22(30)13-25;8-7(9)6-4-2-1-3-5-6/h2-9,12,33H,10-11,13-15H2,1H3,(H,26,30)(H,28,32)(H,29,31);1-5H,(H2,8,9). The van der Waals surface area contributed by atoms with E-state index in [0.717, 1.165) is 22.2 Å². The Bertz CT molecular complexity index is 1610. The summed E-state index contributed by atoms with van der Waals surface area (Å²) in [4.78, 5) is 51.6. The summed E-state index contributed by atoms with van der Waals surface area (Å²) in [6.07, 6.45) is 0.119. The zero-order valence-corrected chi connectivity index (χ0v) is 23.6. The summed E-state index contributed by atoms with van der Waals surface area (Å²) in [6, 6.07) is 25.3. The van der Waals surface area contributed by atoms with Crippen LogP contribution in [0.15, 0.2) is 84.9 Å². The van der Waals surface area contributed by atoms with Gasteiger partial charge in [-0.3, -0.25) is 29.4 Å². The molecule has 6 N–H and O–H groups in total. The van der Waals surface area contributed by atoms with Gasteiger partial charge in [0.1, 0.15) is 12.4 Å². The Morgan fingerprint density at radius 1 is 1.00 bits per heavy atom. The van der Waals surface area contributed by atoms with E-state index >= 15 is 0 Å². The molecule has 11 heteroatoms. The fraction of sp³-hybridized carbons (Fsp3) is 0.219. The number of primary amides is 1. The van der Waals surface area contributed by atoms with Crippen molar-refractivity contribution in [1.82, 2.24) is 21.1 Å². The maximum atomic E-state index is 12.9. The molecule has 0 radical (unpaired) electrons. The Hall–Kier alpha value is -5.29. The molecule has 43 heavy (non-hydrogen) atoms. The number of hydrogen-bond donors (Lipinski definition) is 5. The van der Waals surface area contributed by atoms with Gasteiger partial charge in [0.05, 0.1) is 23.9 Å². The van der Waals surface area contributed by atoms with E-state index in [2.05, 4.69) is 15.6 Å². The van der Waals surface area contributed by atoms with Gasteiger partial charge in [0.2, 0.25) is 17.7 Å². The molecule has 5 rings (SSSR count). The number of aromatic nitrogens is 1. The molecular formula is C32H33N5O6. The smallest absolute Gasteiger partial charge is 0.251 e. The van der Waals surface area contributed by atoms with Crippen molar-refractivity contribution >= 4 is 34.5 Å². The van der Waals surface area contributed by atoms with Crippen molar-refractivity contribution in [2.24, 2.45) is 5.73 Å². The highest BCUT2D eigenvalue weighted by Crippen LogP contribution is 2.25. The summed E-state index contributed by atoms with van der Waals surface area (Å²) in [5.74, 6) is -1.13. The number of nitrogens with one attached hydrogen (secondary N) is 3. The molecule has 222 valence electrons. The van der Waals surface area contributed by atoms with Crippen LogP contribution in [-0.4, -0.2) is 45.9 Å². The number of ether oxygens (including phenoxy) is 1. The molecule has 0 saturated carbocycles. The first kappa shape index (κ1) is 30.7. The van der Waals surface area contributed by atoms with Crippen LogP contribution in [0, 0.1) is 6.92 Å². The van der Waals surface area contributed by atoms with Gasteiger partial charge in [-0.05, 0) is 61.9 Å². The first-order chi connectivity index (χ1) is 20.7. The molecule has 4 amide bonds. The van der Waals surface area contributed by atoms with Gasteiger partial charge in [-0.2, -0.15) is 0 Å². The quantitative estimate of drug-likeness (QED) is 0.156. The van der Waals surface area contributed by atoms with E-state index in [1.165, 1.54) is 0 Å². The predicted molar refractivity (Wildman–Crippen MR) is 159 cm³/mol. The van der Waals surface area contributed by atoms with Crippen molar-refractivity contribution in [3.63, 3.8) is 0 Å². The van der Waals surface area contributed by atoms with Crippen LogP contribution >= 0.6 is 0 Å². The van der Waals surface area contributed by atoms with Crippen molar-refractivity contribution in [2.75, 3.05) is 6.54 Å². The van der Waals surface area contributed by atoms with E-state index in [-0.39, 0.29) is 24.7 Å². The van der Waals surface area contributed by atoms with Gasteiger partial charge in [-0.1, -0.05) is 36.4 Å². The Labute approximate surface area is 248 Å². The van der Waals surface area contributed by atoms with Crippen LogP contribution in [0.5, 0.6) is 5.75 Å². The molecular weight excluding hydrogens is 550 g/mol. The summed E-state index contributed by atoms with van der Waals surface area (Å²) in [7, 11) is 0. The first-order valence-corrected chi connectivity index (χ1v) is 13.6. The zero-order chi connectivity index (χ0) is 30.8. The van der Waals surface area contributed by atoms with Crippen molar-refractivity contribution in [2.45, 2.75) is 38.3 Å². The molecule has 1 saturated heterocycles. The number of carbonyl (C=O) groups excluding carboxylic acids is 4. The van der Waals surface area contributed by atoms with Gasteiger partial charge >= 0.3 is 0 Å². The Morgan fingerprint density at radius 2 is 1.70 bits per heavy atom. The number of pyridine rings is 1. The second kappa shape index (κ2) is 14.1. The minimum atomic E-state index is -1.07. The number of hydroxylamine groups is 1. The SMILES string of the molecule is Cc1cc(COc2ccc(C(=O)NC3(CC(=O)NO)CCNC(=O)C3)cc2)c2ccccc2n1.NC(=O)c1ccccc1. The first-order valence-electron chi connectivity index (χ1n) is 13.6. The van der Waals surface area contributed by atoms with Gasteiger partial charge in [0.25, 0.3) is 5.91 Å². The number of para-hydroxylation sites is 1. The van der Waals surface area contributed by atoms with E-state index in [0.29, 0.717) is 36.4 Å². The number of benzene rings is 3. The van der Waals surface area contributed by atoms with Crippen LogP contribution in [0.1, 0.15) is 51.2 Å². The second-order valence-electron chi connectivity index (χ2n) is 10.2. The summed E-state index contributed by atoms with van der Waals surface area (Å²) < 4.78 is 5.95. The summed E-state index contributed by atoms with van der Waals surface area (Å²) in [5.41, 5.74) is 9.24. The minimum absolute atomic E-state index is 0.0489. The van der Waals surface area contributed by atoms with E-state index in [4.69, 9.17) is 15.7 Å². The highest BCUT2D eigenvalue weighted by atomic mass is 16.5. The van der Waals surface area contributed by atoms with Crippen LogP contribution in [0.2, 0.25) is 0 Å². The number of carbonyl (C=O) groups is 4. The van der Waals surface area contributed by atoms with Crippen LogP contribution in [0.4, 0.5) is 0 Å². The lowest BCUT2D eigenvalue weighted by Gasteiger charge is -2.37. The summed E-state index contributed by atoms with van der Waals surface area (Å²) in [6.45, 7) is 2.62. The molecule has 0 aliphatic carbocycles. The number of fused-ring (bicyclic) bond motifs is 1. The topological polar surface area (TPSA) is 173 Å². The van der Waals surface area contributed by atoms with Crippen LogP contribution in [-0.2, 0) is 16.2 Å². The van der Waals surface area contributed by atoms with Gasteiger partial charge in [-0.25, -0.2) is 5.48 Å². The highest BCUT2D eigenvalue weighted by molar-refractivity contribution is 5.96. The Balaban J connectivity index is 0.000000403. The van der Waals surface area contributed by atoms with E-state index in [1.54, 1.807) is 54.0 Å². The predicted octanol–water partition coefficient (Wildman–Crippen LogP) is 3.18. The number of rotatable bonds is 8. The lowest BCUT2D eigenvalue weighted by atomic mass is 9.84. The van der Waals surface area contributed by atoms with Crippen molar-refractivity contribution < 1.29 is 29.1 Å². The molecule has 1 fully saturated rings. The van der Waals surface area contributed by atoms with Crippen molar-refractivity contribution in [1.29, 1.82) is 0 Å². The molecule has 1 aliphatic heterocycles. The number of nitrogens with two attached hydrogens (primary N) is 1. The van der Waals surface area contributed by atoms with Crippen molar-refractivity contribution in [3.8, 4) is 5.75 Å². The molecule has 4 aromatic rings. The Kier molecular flexibility index (Phi) is 10.0. The second-order valence-corrected chi connectivity index (χ2v) is 10.2. The fourth-order valence-electron chi connectivity index (χ4n) is 4.84. The summed E-state index contributed by atoms with van der Waals surface area (Å²) >= 11 is 0. The lowest BCUT2D eigenvalue weighted by Crippen LogP contribution is -2.58. The molecule has 0 spiro atoms. The van der Waals surface area contributed by atoms with E-state index < -0.39 is 17.4 Å². The largest absolute Gasteiger partial charge is 0.489 e. The van der Waals surface area contributed by atoms with Gasteiger partial charge in [0.15, 0.2) is 0 Å². The molecule has 2 heterocycles. The van der Waals surface area contributed by atoms with Crippen LogP contribution in [0.25, 0.3) is 10.9 Å². The average Bonchev–Trinajstić information content (AvgIpc) is 3.00. The number of nitrogens with zero attached hydrogens (tertiary/aromatic N) is 1. The molecule has 0 bridgehead atoms. The molecule has 1 atom stereocenters. The summed E-state index contributed by atoms with van der Waals surface area (Å²) in [5, 5.41) is 15.4. The normalized spacial score (nSPS) is 15.8. The average molecular weight is 584 g/mol. The molecule has 1 aromatic heterocycles. The monoisotopic (exact) mass is 583 g/mol. The van der Waals surface area contributed by atoms with Crippen LogP contribution in [0.3, 0.4) is 0 Å². The molecule has 3 aromatic carbocycles. The Morgan fingerprint density at radius 3 is 2.35 bits per heavy atom. The van der Waals surface area contributed by atoms with Gasteiger partial charge < -0.3 is 21.1 Å². The van der Waals surface area contributed by atoms with Crippen molar-refractivity contribution in [3.05, 3.63) is 107 Å². The maximum Gasteiger partial charge on any atom is 0.251 e. The van der Waals surface area contributed by atoms with E-state index in [9.17, 15) is 19.2 Å². The maximum absolute atomic E-state index is 12.9. The number of piperidine rings is 1. The molecule has 1 unspecified atom stereocenters. The van der Waals surface area contributed by atoms with Gasteiger partial charge in [-0.15, -0.1) is 0 Å². The molecule has 11 nitrogen and oxygen atoms in total. The third kappa shape index (κ3) is 8.37. The fourth-order valence-corrected chi connectivity index (χ4v) is 4.84. The van der Waals surface area contributed by atoms with Gasteiger partial charge in [0, 0.05) is 34.3 Å². The number of amides is 4.